The molecule has 1 aromatic rings. The van der Waals surface area contributed by atoms with Crippen LogP contribution in [0, 0.1) is 5.82 Å². The molecule has 1 rings (SSSR count). The van der Waals surface area contributed by atoms with Crippen LogP contribution >= 0.6 is 0 Å². The zero-order valence-electron chi connectivity index (χ0n) is 13.1. The zero-order valence-corrected chi connectivity index (χ0v) is 13.9. The quantitative estimate of drug-likeness (QED) is 0.704. The molecule has 0 aliphatic carbocycles. The van der Waals surface area contributed by atoms with Gasteiger partial charge in [0.05, 0.1) is 14.2 Å². The lowest BCUT2D eigenvalue weighted by molar-refractivity contribution is -0.139. The number of nitrogens with one attached hydrogen (secondary N) is 1. The van der Waals surface area contributed by atoms with Crippen LogP contribution in [-0.2, 0) is 14.8 Å². The van der Waals surface area contributed by atoms with E-state index in [4.69, 9.17) is 14.6 Å². The maximum absolute atomic E-state index is 14.1. The average Bonchev–Trinajstić information content (AvgIpc) is 2.50. The largest absolute Gasteiger partial charge is 0.493 e. The fourth-order valence-electron chi connectivity index (χ4n) is 1.93. The number of hydrogen-bond donors (Lipinski definition) is 2. The predicted octanol–water partition coefficient (Wildman–Crippen LogP) is 1.76. The van der Waals surface area contributed by atoms with Gasteiger partial charge in [-0.05, 0) is 6.42 Å². The van der Waals surface area contributed by atoms with Gasteiger partial charge >= 0.3 is 5.97 Å². The third-order valence-corrected chi connectivity index (χ3v) is 4.66. The molecule has 0 amide bonds. The Morgan fingerprint density at radius 2 is 1.87 bits per heavy atom. The molecule has 0 aromatic heterocycles. The van der Waals surface area contributed by atoms with Crippen molar-refractivity contribution in [3.63, 3.8) is 0 Å². The molecule has 7 nitrogen and oxygen atoms in total. The summed E-state index contributed by atoms with van der Waals surface area (Å²) in [6.07, 6.45) is 1.34. The fraction of sp³-hybridized carbons (Fsp3) is 0.500. The van der Waals surface area contributed by atoms with E-state index in [9.17, 15) is 17.6 Å². The number of carbonyl (C=O) groups is 1. The van der Waals surface area contributed by atoms with E-state index in [1.807, 2.05) is 11.6 Å². The minimum Gasteiger partial charge on any atom is -0.493 e. The molecule has 0 spiro atoms. The van der Waals surface area contributed by atoms with Crippen LogP contribution in [0.2, 0.25) is 0 Å². The van der Waals surface area contributed by atoms with Crippen molar-refractivity contribution in [1.29, 1.82) is 0 Å². The standard InChI is InChI=1S/C14H20FNO6S/c1-4-5-6-10(14(17)18)16-23(19,20)13-8-12(22-3)11(21-2)7-9(13)15/h7-8,10,16H,4-6H2,1-3H3,(H,17,18)/t10-/m0/s1. The minimum absolute atomic E-state index is 0.0229. The molecule has 0 saturated carbocycles. The summed E-state index contributed by atoms with van der Waals surface area (Å²) in [6.45, 7) is 1.85. The molecule has 0 radical (unpaired) electrons. The molecular weight excluding hydrogens is 329 g/mol. The topological polar surface area (TPSA) is 102 Å². The number of unbranched alkanes of at least 4 members (excludes halogenated alkanes) is 1. The van der Waals surface area contributed by atoms with Gasteiger partial charge in [0.25, 0.3) is 0 Å². The van der Waals surface area contributed by atoms with Gasteiger partial charge in [-0.1, -0.05) is 19.8 Å². The first-order valence-corrected chi connectivity index (χ1v) is 8.41. The second-order valence-corrected chi connectivity index (χ2v) is 6.47. The number of methoxy groups -OCH3 is 2. The molecule has 1 atom stereocenters. The predicted molar refractivity (Wildman–Crippen MR) is 80.8 cm³/mol. The molecule has 130 valence electrons. The van der Waals surface area contributed by atoms with Crippen LogP contribution in [0.15, 0.2) is 17.0 Å². The van der Waals surface area contributed by atoms with Gasteiger partial charge < -0.3 is 14.6 Å². The molecule has 1 aromatic carbocycles. The normalized spacial score (nSPS) is 12.7. The van der Waals surface area contributed by atoms with Crippen LogP contribution in [0.25, 0.3) is 0 Å². The molecule has 0 unspecified atom stereocenters. The monoisotopic (exact) mass is 349 g/mol. The summed E-state index contributed by atoms with van der Waals surface area (Å²) in [5, 5.41) is 9.10. The Labute approximate surface area is 134 Å². The highest BCUT2D eigenvalue weighted by Gasteiger charge is 2.28. The summed E-state index contributed by atoms with van der Waals surface area (Å²) in [5.41, 5.74) is 0. The van der Waals surface area contributed by atoms with E-state index in [0.717, 1.165) is 12.1 Å². The number of rotatable bonds is 9. The maximum Gasteiger partial charge on any atom is 0.321 e. The molecule has 0 bridgehead atoms. The van der Waals surface area contributed by atoms with Gasteiger partial charge in [-0.2, -0.15) is 4.72 Å². The molecule has 0 aliphatic heterocycles. The molecule has 0 saturated heterocycles. The Bertz CT molecular complexity index is 661. The summed E-state index contributed by atoms with van der Waals surface area (Å²) in [7, 11) is -1.80. The van der Waals surface area contributed by atoms with Crippen LogP contribution < -0.4 is 14.2 Å². The number of halogens is 1. The van der Waals surface area contributed by atoms with E-state index in [0.29, 0.717) is 12.8 Å². The molecule has 9 heteroatoms. The van der Waals surface area contributed by atoms with Gasteiger partial charge in [0, 0.05) is 12.1 Å². The Balaban J connectivity index is 3.19. The van der Waals surface area contributed by atoms with Gasteiger partial charge in [0.2, 0.25) is 10.0 Å². The molecule has 0 aliphatic rings. The number of carboxylic acid groups (broad SMARTS) is 1. The summed E-state index contributed by atoms with van der Waals surface area (Å²) in [6, 6.07) is 0.497. The van der Waals surface area contributed by atoms with Crippen LogP contribution in [0.3, 0.4) is 0 Å². The lowest BCUT2D eigenvalue weighted by Crippen LogP contribution is -2.40. The number of ether oxygens (including phenoxy) is 2. The summed E-state index contributed by atoms with van der Waals surface area (Å²) in [4.78, 5) is 10.5. The molecule has 23 heavy (non-hydrogen) atoms. The van der Waals surface area contributed by atoms with Crippen LogP contribution in [0.5, 0.6) is 11.5 Å². The van der Waals surface area contributed by atoms with Gasteiger partial charge in [-0.3, -0.25) is 4.79 Å². The van der Waals surface area contributed by atoms with Crippen molar-refractivity contribution in [2.75, 3.05) is 14.2 Å². The Morgan fingerprint density at radius 1 is 1.30 bits per heavy atom. The molecule has 0 fully saturated rings. The van der Waals surface area contributed by atoms with Crippen molar-refractivity contribution >= 4 is 16.0 Å². The molecule has 2 N–H and O–H groups in total. The number of hydrogen-bond acceptors (Lipinski definition) is 5. The number of sulfonamides is 1. The van der Waals surface area contributed by atoms with Gasteiger partial charge in [-0.15, -0.1) is 0 Å². The second-order valence-electron chi connectivity index (χ2n) is 4.79. The van der Waals surface area contributed by atoms with Crippen molar-refractivity contribution in [2.45, 2.75) is 37.1 Å². The lowest BCUT2D eigenvalue weighted by atomic mass is 10.1. The van der Waals surface area contributed by atoms with E-state index >= 15 is 0 Å². The highest BCUT2D eigenvalue weighted by atomic mass is 32.2. The number of carboxylic acids is 1. The Morgan fingerprint density at radius 3 is 2.35 bits per heavy atom. The van der Waals surface area contributed by atoms with E-state index in [1.165, 1.54) is 14.2 Å². The first-order valence-electron chi connectivity index (χ1n) is 6.93. The zero-order chi connectivity index (χ0) is 17.6. The third kappa shape index (κ3) is 4.80. The maximum atomic E-state index is 14.1. The van der Waals surface area contributed by atoms with Crippen molar-refractivity contribution in [3.8, 4) is 11.5 Å². The highest BCUT2D eigenvalue weighted by Crippen LogP contribution is 2.31. The van der Waals surface area contributed by atoms with Crippen molar-refractivity contribution in [1.82, 2.24) is 4.72 Å². The summed E-state index contributed by atoms with van der Waals surface area (Å²) < 4.78 is 50.5. The van der Waals surface area contributed by atoms with E-state index in [1.54, 1.807) is 0 Å². The van der Waals surface area contributed by atoms with Crippen molar-refractivity contribution < 1.29 is 32.2 Å². The minimum atomic E-state index is -4.36. The van der Waals surface area contributed by atoms with E-state index in [-0.39, 0.29) is 17.9 Å². The molecular formula is C14H20FNO6S. The fourth-order valence-corrected chi connectivity index (χ4v) is 3.23. The van der Waals surface area contributed by atoms with Crippen LogP contribution in [-0.4, -0.2) is 39.8 Å². The average molecular weight is 349 g/mol. The third-order valence-electron chi connectivity index (χ3n) is 3.17. The van der Waals surface area contributed by atoms with Gasteiger partial charge in [0.1, 0.15) is 16.8 Å². The number of aliphatic carboxylic acids is 1. The van der Waals surface area contributed by atoms with Crippen molar-refractivity contribution in [2.24, 2.45) is 0 Å². The SMILES string of the molecule is CCCC[C@H](NS(=O)(=O)c1cc(OC)c(OC)cc1F)C(=O)O. The lowest BCUT2D eigenvalue weighted by Gasteiger charge is -2.16. The van der Waals surface area contributed by atoms with Gasteiger partial charge in [0.15, 0.2) is 11.5 Å². The smallest absolute Gasteiger partial charge is 0.321 e. The highest BCUT2D eigenvalue weighted by molar-refractivity contribution is 7.89. The van der Waals surface area contributed by atoms with E-state index in [2.05, 4.69) is 0 Å². The van der Waals surface area contributed by atoms with Crippen molar-refractivity contribution in [3.05, 3.63) is 17.9 Å². The van der Waals surface area contributed by atoms with Gasteiger partial charge in [-0.25, -0.2) is 12.8 Å². The Hall–Kier alpha value is -1.87. The van der Waals surface area contributed by atoms with Crippen LogP contribution in [0.1, 0.15) is 26.2 Å². The Kier molecular flexibility index (Phi) is 6.77. The summed E-state index contributed by atoms with van der Waals surface area (Å²) in [5.74, 6) is -2.32. The summed E-state index contributed by atoms with van der Waals surface area (Å²) >= 11 is 0. The number of benzene rings is 1. The first kappa shape index (κ1) is 19.2. The first-order chi connectivity index (χ1) is 10.8. The second kappa shape index (κ2) is 8.11. The van der Waals surface area contributed by atoms with E-state index < -0.39 is 32.7 Å². The van der Waals surface area contributed by atoms with Crippen LogP contribution in [0.4, 0.5) is 4.39 Å². The molecule has 0 heterocycles.